The summed E-state index contributed by atoms with van der Waals surface area (Å²) in [5, 5.41) is 4.27. The molecule has 1 aromatic rings. The molecular weight excluding hydrogens is 220 g/mol. The molecule has 0 N–H and O–H groups in total. The normalized spacial score (nSPS) is 20.2. The van der Waals surface area contributed by atoms with Crippen molar-refractivity contribution in [3.63, 3.8) is 0 Å². The average molecular weight is 236 g/mol. The van der Waals surface area contributed by atoms with Gasteiger partial charge < -0.3 is 14.5 Å². The van der Waals surface area contributed by atoms with E-state index in [1.807, 2.05) is 4.90 Å². The van der Waals surface area contributed by atoms with Crippen molar-refractivity contribution < 1.29 is 9.53 Å². The maximum Gasteiger partial charge on any atom is 0.274 e. The van der Waals surface area contributed by atoms with Gasteiger partial charge in [-0.25, -0.2) is 4.68 Å². The van der Waals surface area contributed by atoms with E-state index in [0.717, 1.165) is 32.7 Å². The van der Waals surface area contributed by atoms with Crippen LogP contribution in [-0.4, -0.2) is 65.3 Å². The lowest BCUT2D eigenvalue weighted by molar-refractivity contribution is 0.0657. The number of aromatic nitrogens is 2. The van der Waals surface area contributed by atoms with Crippen molar-refractivity contribution in [1.82, 2.24) is 19.6 Å². The van der Waals surface area contributed by atoms with Gasteiger partial charge in [0.1, 0.15) is 6.61 Å². The first-order valence-electron chi connectivity index (χ1n) is 5.92. The summed E-state index contributed by atoms with van der Waals surface area (Å²) in [4.78, 5) is 16.3. The highest BCUT2D eigenvalue weighted by Gasteiger charge is 2.25. The number of ether oxygens (including phenoxy) is 1. The largest absolute Gasteiger partial charge is 0.476 e. The summed E-state index contributed by atoms with van der Waals surface area (Å²) in [6, 6.07) is 1.74. The molecule has 6 heteroatoms. The first-order valence-corrected chi connectivity index (χ1v) is 5.92. The number of hydrogen-bond acceptors (Lipinski definition) is 4. The SMILES string of the molecule is CN1CCN(C(=O)c2cc3n(n2)CCO3)CC1. The molecule has 1 fully saturated rings. The first-order chi connectivity index (χ1) is 8.24. The van der Waals surface area contributed by atoms with Crippen LogP contribution in [0.5, 0.6) is 5.88 Å². The fourth-order valence-corrected chi connectivity index (χ4v) is 2.19. The Hall–Kier alpha value is -1.56. The van der Waals surface area contributed by atoms with E-state index < -0.39 is 0 Å². The minimum absolute atomic E-state index is 0.0172. The third-order valence-corrected chi connectivity index (χ3v) is 3.31. The molecular formula is C11H16N4O2. The van der Waals surface area contributed by atoms with Crippen LogP contribution in [0.15, 0.2) is 6.07 Å². The van der Waals surface area contributed by atoms with Gasteiger partial charge in [0.25, 0.3) is 5.91 Å². The van der Waals surface area contributed by atoms with Crippen LogP contribution >= 0.6 is 0 Å². The summed E-state index contributed by atoms with van der Waals surface area (Å²) in [6.07, 6.45) is 0. The molecule has 0 unspecified atom stereocenters. The van der Waals surface area contributed by atoms with Crippen molar-refractivity contribution in [3.8, 4) is 5.88 Å². The van der Waals surface area contributed by atoms with E-state index in [1.165, 1.54) is 0 Å². The molecule has 0 atom stereocenters. The van der Waals surface area contributed by atoms with Gasteiger partial charge in [0.15, 0.2) is 5.69 Å². The van der Waals surface area contributed by atoms with E-state index >= 15 is 0 Å². The lowest BCUT2D eigenvalue weighted by Crippen LogP contribution is -2.47. The van der Waals surface area contributed by atoms with E-state index in [1.54, 1.807) is 10.7 Å². The van der Waals surface area contributed by atoms with Crippen LogP contribution in [0, 0.1) is 0 Å². The predicted octanol–water partition coefficient (Wildman–Crippen LogP) is -0.337. The van der Waals surface area contributed by atoms with Crippen LogP contribution < -0.4 is 4.74 Å². The smallest absolute Gasteiger partial charge is 0.274 e. The molecule has 1 saturated heterocycles. The van der Waals surface area contributed by atoms with E-state index in [-0.39, 0.29) is 5.91 Å². The van der Waals surface area contributed by atoms with Crippen LogP contribution in [-0.2, 0) is 6.54 Å². The minimum Gasteiger partial charge on any atom is -0.476 e. The van der Waals surface area contributed by atoms with Crippen molar-refractivity contribution in [2.24, 2.45) is 0 Å². The topological polar surface area (TPSA) is 50.6 Å². The summed E-state index contributed by atoms with van der Waals surface area (Å²) in [7, 11) is 2.07. The number of nitrogens with zero attached hydrogens (tertiary/aromatic N) is 4. The highest BCUT2D eigenvalue weighted by Crippen LogP contribution is 2.19. The van der Waals surface area contributed by atoms with Crippen LogP contribution in [0.2, 0.25) is 0 Å². The molecule has 17 heavy (non-hydrogen) atoms. The summed E-state index contributed by atoms with van der Waals surface area (Å²) >= 11 is 0. The Kier molecular flexibility index (Phi) is 2.51. The summed E-state index contributed by atoms with van der Waals surface area (Å²) in [5.74, 6) is 0.728. The number of amides is 1. The quantitative estimate of drug-likeness (QED) is 0.669. The molecule has 1 aromatic heterocycles. The van der Waals surface area contributed by atoms with Crippen molar-refractivity contribution in [2.75, 3.05) is 39.8 Å². The molecule has 0 radical (unpaired) electrons. The van der Waals surface area contributed by atoms with Gasteiger partial charge >= 0.3 is 0 Å². The second-order valence-electron chi connectivity index (χ2n) is 4.53. The molecule has 1 amide bonds. The molecule has 3 rings (SSSR count). The fraction of sp³-hybridized carbons (Fsp3) is 0.636. The molecule has 0 aromatic carbocycles. The van der Waals surface area contributed by atoms with Gasteiger partial charge in [0, 0.05) is 32.2 Å². The van der Waals surface area contributed by atoms with Gasteiger partial charge in [-0.3, -0.25) is 4.79 Å². The molecule has 0 saturated carbocycles. The Bertz CT molecular complexity index is 413. The van der Waals surface area contributed by atoms with Crippen molar-refractivity contribution in [2.45, 2.75) is 6.54 Å². The number of likely N-dealkylation sites (N-methyl/N-ethyl adjacent to an activating group) is 1. The zero-order chi connectivity index (χ0) is 11.8. The third-order valence-electron chi connectivity index (χ3n) is 3.31. The Morgan fingerprint density at radius 2 is 2.06 bits per heavy atom. The summed E-state index contributed by atoms with van der Waals surface area (Å²) in [5.41, 5.74) is 0.504. The van der Waals surface area contributed by atoms with Crippen molar-refractivity contribution in [1.29, 1.82) is 0 Å². The van der Waals surface area contributed by atoms with Crippen molar-refractivity contribution in [3.05, 3.63) is 11.8 Å². The monoisotopic (exact) mass is 236 g/mol. The zero-order valence-electron chi connectivity index (χ0n) is 9.93. The maximum absolute atomic E-state index is 12.2. The van der Waals surface area contributed by atoms with E-state index in [9.17, 15) is 4.79 Å². The number of carbonyl (C=O) groups excluding carboxylic acids is 1. The fourth-order valence-electron chi connectivity index (χ4n) is 2.19. The number of rotatable bonds is 1. The minimum atomic E-state index is 0.0172. The van der Waals surface area contributed by atoms with Crippen LogP contribution in [0.1, 0.15) is 10.5 Å². The number of fused-ring (bicyclic) bond motifs is 1. The Labute approximate surface area is 99.7 Å². The van der Waals surface area contributed by atoms with E-state index in [4.69, 9.17) is 4.74 Å². The number of carbonyl (C=O) groups is 1. The van der Waals surface area contributed by atoms with Crippen LogP contribution in [0.25, 0.3) is 0 Å². The van der Waals surface area contributed by atoms with Gasteiger partial charge in [0.05, 0.1) is 6.54 Å². The molecule has 0 bridgehead atoms. The Balaban J connectivity index is 1.73. The average Bonchev–Trinajstić information content (AvgIpc) is 2.89. The number of piperazine rings is 1. The summed E-state index contributed by atoms with van der Waals surface area (Å²) < 4.78 is 7.11. The highest BCUT2D eigenvalue weighted by atomic mass is 16.5. The predicted molar refractivity (Wildman–Crippen MR) is 61.1 cm³/mol. The Morgan fingerprint density at radius 3 is 2.76 bits per heavy atom. The van der Waals surface area contributed by atoms with Gasteiger partial charge in [-0.2, -0.15) is 5.10 Å². The molecule has 92 valence electrons. The Morgan fingerprint density at radius 1 is 1.29 bits per heavy atom. The highest BCUT2D eigenvalue weighted by molar-refractivity contribution is 5.92. The van der Waals surface area contributed by atoms with Gasteiger partial charge in [-0.05, 0) is 7.05 Å². The molecule has 0 aliphatic carbocycles. The van der Waals surface area contributed by atoms with Crippen LogP contribution in [0.4, 0.5) is 0 Å². The van der Waals surface area contributed by atoms with E-state index in [2.05, 4.69) is 17.0 Å². The second kappa shape index (κ2) is 4.03. The maximum atomic E-state index is 12.2. The van der Waals surface area contributed by atoms with Crippen molar-refractivity contribution >= 4 is 5.91 Å². The zero-order valence-corrected chi connectivity index (χ0v) is 9.93. The number of hydrogen-bond donors (Lipinski definition) is 0. The summed E-state index contributed by atoms with van der Waals surface area (Å²) in [6.45, 7) is 4.80. The van der Waals surface area contributed by atoms with Gasteiger partial charge in [-0.1, -0.05) is 0 Å². The van der Waals surface area contributed by atoms with Gasteiger partial charge in [0.2, 0.25) is 5.88 Å². The van der Waals surface area contributed by atoms with Gasteiger partial charge in [-0.15, -0.1) is 0 Å². The lowest BCUT2D eigenvalue weighted by atomic mass is 10.3. The molecule has 6 nitrogen and oxygen atoms in total. The third kappa shape index (κ3) is 1.88. The second-order valence-corrected chi connectivity index (χ2v) is 4.53. The first kappa shape index (κ1) is 10.6. The molecule has 3 heterocycles. The lowest BCUT2D eigenvalue weighted by Gasteiger charge is -2.31. The van der Waals surface area contributed by atoms with Crippen LogP contribution in [0.3, 0.4) is 0 Å². The van der Waals surface area contributed by atoms with E-state index in [0.29, 0.717) is 18.2 Å². The standard InChI is InChI=1S/C11H16N4O2/c1-13-2-4-14(5-3-13)11(16)9-8-10-15(12-9)6-7-17-10/h8H,2-7H2,1H3. The molecule has 2 aliphatic heterocycles. The molecule has 0 spiro atoms. The molecule has 2 aliphatic rings.